The van der Waals surface area contributed by atoms with Crippen LogP contribution in [-0.4, -0.2) is 63.8 Å². The van der Waals surface area contributed by atoms with Gasteiger partial charge < -0.3 is 15.5 Å². The van der Waals surface area contributed by atoms with Gasteiger partial charge in [-0.05, 0) is 51.3 Å². The van der Waals surface area contributed by atoms with Crippen LogP contribution in [0.3, 0.4) is 0 Å². The first-order chi connectivity index (χ1) is 11.2. The van der Waals surface area contributed by atoms with Crippen molar-refractivity contribution in [3.63, 3.8) is 0 Å². The third kappa shape index (κ3) is 8.59. The highest BCUT2D eigenvalue weighted by molar-refractivity contribution is 7.92. The van der Waals surface area contributed by atoms with Crippen molar-refractivity contribution in [3.05, 3.63) is 30.1 Å². The monoisotopic (exact) mass is 359 g/mol. The summed E-state index contributed by atoms with van der Waals surface area (Å²) >= 11 is 0. The normalized spacial score (nSPS) is 11.3. The molecule has 134 valence electrons. The van der Waals surface area contributed by atoms with Crippen LogP contribution < -0.4 is 10.6 Å². The van der Waals surface area contributed by atoms with E-state index < -0.39 is 39.0 Å². The third-order valence-electron chi connectivity index (χ3n) is 2.93. The lowest BCUT2D eigenvalue weighted by atomic mass is 10.3. The number of hydrogen-bond acceptors (Lipinski definition) is 5. The number of nitrogens with one attached hydrogen (secondary N) is 2. The lowest BCUT2D eigenvalue weighted by molar-refractivity contribution is -0.118. The molecule has 0 unspecified atom stereocenters. The fraction of sp³-hybridized carbons (Fsp3) is 0.467. The molecule has 2 amide bonds. The lowest BCUT2D eigenvalue weighted by Crippen LogP contribution is -2.35. The smallest absolute Gasteiger partial charge is 0.239 e. The van der Waals surface area contributed by atoms with Crippen LogP contribution in [0.1, 0.15) is 6.42 Å². The Morgan fingerprint density at radius 1 is 1.08 bits per heavy atom. The summed E-state index contributed by atoms with van der Waals surface area (Å²) in [5.74, 6) is -3.43. The largest absolute Gasteiger partial charge is 0.355 e. The minimum absolute atomic E-state index is 0.282. The van der Waals surface area contributed by atoms with Gasteiger partial charge in [0.2, 0.25) is 11.8 Å². The van der Waals surface area contributed by atoms with E-state index in [0.717, 1.165) is 18.7 Å². The molecular weight excluding hydrogens is 337 g/mol. The molecule has 0 bridgehead atoms. The first kappa shape index (κ1) is 20.0. The molecule has 0 aliphatic rings. The van der Waals surface area contributed by atoms with Gasteiger partial charge in [-0.1, -0.05) is 0 Å². The van der Waals surface area contributed by atoms with Crippen LogP contribution in [0.5, 0.6) is 0 Å². The maximum Gasteiger partial charge on any atom is 0.239 e. The first-order valence-corrected chi connectivity index (χ1v) is 9.17. The van der Waals surface area contributed by atoms with Crippen LogP contribution in [0, 0.1) is 5.82 Å². The lowest BCUT2D eigenvalue weighted by Gasteiger charge is -2.10. The summed E-state index contributed by atoms with van der Waals surface area (Å²) in [6, 6.07) is 4.92. The van der Waals surface area contributed by atoms with Gasteiger partial charge in [-0.3, -0.25) is 9.59 Å². The SMILES string of the molecule is CN(C)CCCNC(=O)CS(=O)(=O)CC(=O)Nc1ccc(F)cc1. The van der Waals surface area contributed by atoms with E-state index in [-0.39, 0.29) is 5.69 Å². The number of carbonyl (C=O) groups excluding carboxylic acids is 2. The molecule has 2 N–H and O–H groups in total. The van der Waals surface area contributed by atoms with Crippen molar-refractivity contribution in [2.24, 2.45) is 0 Å². The zero-order valence-corrected chi connectivity index (χ0v) is 14.5. The number of anilines is 1. The Labute approximate surface area is 141 Å². The first-order valence-electron chi connectivity index (χ1n) is 7.35. The zero-order valence-electron chi connectivity index (χ0n) is 13.7. The molecule has 7 nitrogen and oxygen atoms in total. The Morgan fingerprint density at radius 2 is 1.67 bits per heavy atom. The zero-order chi connectivity index (χ0) is 18.2. The number of nitrogens with zero attached hydrogens (tertiary/aromatic N) is 1. The van der Waals surface area contributed by atoms with Crippen LogP contribution in [0.4, 0.5) is 10.1 Å². The van der Waals surface area contributed by atoms with E-state index in [4.69, 9.17) is 0 Å². The number of halogens is 1. The number of benzene rings is 1. The Hall–Kier alpha value is -2.00. The van der Waals surface area contributed by atoms with Gasteiger partial charge in [0.25, 0.3) is 0 Å². The molecule has 0 aliphatic heterocycles. The minimum atomic E-state index is -3.87. The van der Waals surface area contributed by atoms with Gasteiger partial charge in [-0.2, -0.15) is 0 Å². The van der Waals surface area contributed by atoms with Crippen molar-refractivity contribution < 1.29 is 22.4 Å². The fourth-order valence-electron chi connectivity index (χ4n) is 1.85. The van der Waals surface area contributed by atoms with Crippen LogP contribution >= 0.6 is 0 Å². The van der Waals surface area contributed by atoms with Gasteiger partial charge in [-0.25, -0.2) is 12.8 Å². The van der Waals surface area contributed by atoms with Gasteiger partial charge in [0.05, 0.1) is 0 Å². The third-order valence-corrected chi connectivity index (χ3v) is 4.34. The van der Waals surface area contributed by atoms with Crippen LogP contribution in [0.15, 0.2) is 24.3 Å². The van der Waals surface area contributed by atoms with Gasteiger partial charge in [-0.15, -0.1) is 0 Å². The molecule has 0 radical (unpaired) electrons. The molecule has 0 saturated carbocycles. The summed E-state index contributed by atoms with van der Waals surface area (Å²) in [4.78, 5) is 25.3. The van der Waals surface area contributed by atoms with Crippen LogP contribution in [0.25, 0.3) is 0 Å². The number of rotatable bonds is 9. The Kier molecular flexibility index (Phi) is 7.80. The molecule has 0 spiro atoms. The van der Waals surface area contributed by atoms with Crippen molar-refractivity contribution in [2.45, 2.75) is 6.42 Å². The highest BCUT2D eigenvalue weighted by Crippen LogP contribution is 2.08. The summed E-state index contributed by atoms with van der Waals surface area (Å²) < 4.78 is 36.4. The van der Waals surface area contributed by atoms with Gasteiger partial charge >= 0.3 is 0 Å². The van der Waals surface area contributed by atoms with E-state index in [1.807, 2.05) is 19.0 Å². The van der Waals surface area contributed by atoms with Crippen molar-refractivity contribution in [3.8, 4) is 0 Å². The quantitative estimate of drug-likeness (QED) is 0.616. The van der Waals surface area contributed by atoms with E-state index >= 15 is 0 Å². The van der Waals surface area contributed by atoms with E-state index in [0.29, 0.717) is 13.0 Å². The van der Waals surface area contributed by atoms with Crippen LogP contribution in [-0.2, 0) is 19.4 Å². The van der Waals surface area contributed by atoms with Crippen molar-refractivity contribution in [1.82, 2.24) is 10.2 Å². The molecule has 0 atom stereocenters. The average Bonchev–Trinajstić information content (AvgIpc) is 2.44. The molecule has 0 aliphatic carbocycles. The number of amides is 2. The standard InChI is InChI=1S/C15H22FN3O4S/c1-19(2)9-3-8-17-14(20)10-24(22,23)11-15(21)18-13-6-4-12(16)5-7-13/h4-7H,3,8-11H2,1-2H3,(H,17,20)(H,18,21). The molecule has 0 fully saturated rings. The predicted molar refractivity (Wildman–Crippen MR) is 89.9 cm³/mol. The summed E-state index contributed by atoms with van der Waals surface area (Å²) in [6.07, 6.45) is 0.698. The second-order valence-corrected chi connectivity index (χ2v) is 7.66. The molecule has 0 saturated heterocycles. The van der Waals surface area contributed by atoms with Crippen molar-refractivity contribution >= 4 is 27.3 Å². The number of carbonyl (C=O) groups is 2. The minimum Gasteiger partial charge on any atom is -0.355 e. The topological polar surface area (TPSA) is 95.6 Å². The highest BCUT2D eigenvalue weighted by atomic mass is 32.2. The Bertz CT molecular complexity index is 660. The van der Waals surface area contributed by atoms with Gasteiger partial charge in [0.15, 0.2) is 9.84 Å². The van der Waals surface area contributed by atoms with E-state index in [1.165, 1.54) is 12.1 Å². The molecule has 1 aromatic rings. The molecule has 0 aromatic heterocycles. The molecule has 1 aromatic carbocycles. The molecular formula is C15H22FN3O4S. The van der Waals surface area contributed by atoms with Crippen molar-refractivity contribution in [1.29, 1.82) is 0 Å². The van der Waals surface area contributed by atoms with E-state index in [9.17, 15) is 22.4 Å². The molecule has 1 rings (SSSR count). The molecule has 24 heavy (non-hydrogen) atoms. The maximum absolute atomic E-state index is 12.8. The molecule has 9 heteroatoms. The Morgan fingerprint density at radius 3 is 2.25 bits per heavy atom. The second-order valence-electron chi connectivity index (χ2n) is 5.59. The summed E-state index contributed by atoms with van der Waals surface area (Å²) in [6.45, 7) is 1.14. The van der Waals surface area contributed by atoms with Gasteiger partial charge in [0.1, 0.15) is 17.3 Å². The summed E-state index contributed by atoms with van der Waals surface area (Å²) in [5.41, 5.74) is 0.282. The highest BCUT2D eigenvalue weighted by Gasteiger charge is 2.20. The fourth-order valence-corrected chi connectivity index (χ4v) is 2.93. The summed E-state index contributed by atoms with van der Waals surface area (Å²) in [5, 5.41) is 4.85. The maximum atomic E-state index is 12.8. The van der Waals surface area contributed by atoms with Crippen molar-refractivity contribution in [2.75, 3.05) is 44.0 Å². The van der Waals surface area contributed by atoms with Crippen LogP contribution in [0.2, 0.25) is 0 Å². The summed E-state index contributed by atoms with van der Waals surface area (Å²) in [7, 11) is -0.0806. The Balaban J connectivity index is 2.40. The predicted octanol–water partition coefficient (Wildman–Crippen LogP) is 0.247. The van der Waals surface area contributed by atoms with E-state index in [1.54, 1.807) is 0 Å². The number of hydrogen-bond donors (Lipinski definition) is 2. The average molecular weight is 359 g/mol. The molecule has 0 heterocycles. The van der Waals surface area contributed by atoms with Gasteiger partial charge in [0, 0.05) is 12.2 Å². The van der Waals surface area contributed by atoms with E-state index in [2.05, 4.69) is 10.6 Å². The number of sulfone groups is 1. The second kappa shape index (κ2) is 9.33.